The number of amides is 1. The van der Waals surface area contributed by atoms with Crippen LogP contribution in [-0.2, 0) is 9.59 Å². The Morgan fingerprint density at radius 1 is 0.971 bits per heavy atom. The lowest BCUT2D eigenvalue weighted by molar-refractivity contribution is -0.132. The third-order valence-electron chi connectivity index (χ3n) is 5.96. The van der Waals surface area contributed by atoms with Gasteiger partial charge in [-0.1, -0.05) is 45.9 Å². The van der Waals surface area contributed by atoms with Crippen LogP contribution >= 0.6 is 0 Å². The zero-order valence-electron chi connectivity index (χ0n) is 20.4. The number of hydrogen-bond acceptors (Lipinski definition) is 5. The van der Waals surface area contributed by atoms with Gasteiger partial charge in [-0.05, 0) is 65.9 Å². The van der Waals surface area contributed by atoms with Gasteiger partial charge in [-0.25, -0.2) is 0 Å². The van der Waals surface area contributed by atoms with Gasteiger partial charge < -0.3 is 9.84 Å². The van der Waals surface area contributed by atoms with Crippen molar-refractivity contribution >= 4 is 23.1 Å². The average molecular weight is 471 g/mol. The number of hydrogen-bond donors (Lipinski definition) is 1. The number of ketones is 1. The number of aliphatic hydroxyl groups is 1. The van der Waals surface area contributed by atoms with Crippen LogP contribution in [0.1, 0.15) is 56.5 Å². The van der Waals surface area contributed by atoms with E-state index >= 15 is 0 Å². The van der Waals surface area contributed by atoms with E-state index in [9.17, 15) is 14.7 Å². The zero-order chi connectivity index (χ0) is 25.1. The highest BCUT2D eigenvalue weighted by Crippen LogP contribution is 2.41. The molecule has 2 heterocycles. The molecule has 1 aromatic heterocycles. The van der Waals surface area contributed by atoms with Crippen LogP contribution in [0.4, 0.5) is 5.69 Å². The van der Waals surface area contributed by atoms with E-state index in [1.165, 1.54) is 4.90 Å². The summed E-state index contributed by atoms with van der Waals surface area (Å²) in [7, 11) is 0. The molecule has 6 nitrogen and oxygen atoms in total. The van der Waals surface area contributed by atoms with E-state index in [4.69, 9.17) is 4.74 Å². The molecule has 0 radical (unpaired) electrons. The Morgan fingerprint density at radius 2 is 1.66 bits per heavy atom. The van der Waals surface area contributed by atoms with E-state index < -0.39 is 17.7 Å². The maximum absolute atomic E-state index is 13.2. The fraction of sp³-hybridized carbons (Fsp3) is 0.276. The summed E-state index contributed by atoms with van der Waals surface area (Å²) < 4.78 is 5.72. The number of carbonyl (C=O) groups is 2. The first-order valence-electron chi connectivity index (χ1n) is 11.8. The van der Waals surface area contributed by atoms with Gasteiger partial charge in [0, 0.05) is 17.4 Å². The second kappa shape index (κ2) is 10.1. The van der Waals surface area contributed by atoms with Crippen molar-refractivity contribution in [2.75, 3.05) is 11.5 Å². The maximum atomic E-state index is 13.2. The van der Waals surface area contributed by atoms with E-state index in [1.54, 1.807) is 48.7 Å². The number of Topliss-reactive ketones (excluding diaryl/α,β-unsaturated/α-hetero) is 1. The summed E-state index contributed by atoms with van der Waals surface area (Å²) in [5.41, 5.74) is 2.63. The fourth-order valence-electron chi connectivity index (χ4n) is 4.06. The van der Waals surface area contributed by atoms with E-state index in [-0.39, 0.29) is 11.3 Å². The van der Waals surface area contributed by atoms with E-state index in [1.807, 2.05) is 24.3 Å². The summed E-state index contributed by atoms with van der Waals surface area (Å²) in [6.45, 7) is 8.88. The summed E-state index contributed by atoms with van der Waals surface area (Å²) in [4.78, 5) is 32.3. The monoisotopic (exact) mass is 470 g/mol. The van der Waals surface area contributed by atoms with Gasteiger partial charge in [0.2, 0.25) is 0 Å². The predicted molar refractivity (Wildman–Crippen MR) is 136 cm³/mol. The Labute approximate surface area is 205 Å². The third-order valence-corrected chi connectivity index (χ3v) is 5.96. The Balaban J connectivity index is 1.78. The quantitative estimate of drug-likeness (QED) is 0.266. The number of anilines is 1. The van der Waals surface area contributed by atoms with E-state index in [2.05, 4.69) is 32.7 Å². The van der Waals surface area contributed by atoms with Crippen LogP contribution in [0.15, 0.2) is 78.5 Å². The molecule has 180 valence electrons. The van der Waals surface area contributed by atoms with Crippen molar-refractivity contribution in [3.63, 3.8) is 0 Å². The Hall–Kier alpha value is -3.93. The molecule has 1 unspecified atom stereocenters. The van der Waals surface area contributed by atoms with Crippen LogP contribution in [-0.4, -0.2) is 28.4 Å². The van der Waals surface area contributed by atoms with Crippen LogP contribution in [0.5, 0.6) is 5.75 Å². The Morgan fingerprint density at radius 3 is 2.23 bits per heavy atom. The lowest BCUT2D eigenvalue weighted by Gasteiger charge is -2.25. The molecule has 1 saturated heterocycles. The number of aromatic nitrogens is 1. The van der Waals surface area contributed by atoms with Crippen LogP contribution in [0, 0.1) is 5.92 Å². The molecule has 1 aliphatic heterocycles. The molecule has 0 bridgehead atoms. The highest BCUT2D eigenvalue weighted by Gasteiger charge is 2.47. The molecule has 1 amide bonds. The van der Waals surface area contributed by atoms with Crippen LogP contribution in [0.3, 0.4) is 0 Å². The smallest absolute Gasteiger partial charge is 0.300 e. The topological polar surface area (TPSA) is 79.7 Å². The van der Waals surface area contributed by atoms with Gasteiger partial charge >= 0.3 is 0 Å². The average Bonchev–Trinajstić information content (AvgIpc) is 3.13. The highest BCUT2D eigenvalue weighted by atomic mass is 16.5. The lowest BCUT2D eigenvalue weighted by Crippen LogP contribution is -2.29. The fourth-order valence-corrected chi connectivity index (χ4v) is 4.06. The number of nitrogens with zero attached hydrogens (tertiary/aromatic N) is 2. The van der Waals surface area contributed by atoms with Crippen molar-refractivity contribution in [3.8, 4) is 5.75 Å². The minimum Gasteiger partial charge on any atom is -0.507 e. The molecule has 2 aromatic carbocycles. The molecule has 6 heteroatoms. The van der Waals surface area contributed by atoms with Crippen LogP contribution in [0.25, 0.3) is 5.76 Å². The van der Waals surface area contributed by atoms with Crippen molar-refractivity contribution in [2.24, 2.45) is 5.92 Å². The number of rotatable bonds is 7. The predicted octanol–water partition coefficient (Wildman–Crippen LogP) is 5.87. The van der Waals surface area contributed by atoms with Gasteiger partial charge in [-0.15, -0.1) is 0 Å². The first-order chi connectivity index (χ1) is 16.8. The van der Waals surface area contributed by atoms with Crippen molar-refractivity contribution in [2.45, 2.75) is 39.7 Å². The number of carbonyl (C=O) groups excluding carboxylic acids is 2. The van der Waals surface area contributed by atoms with E-state index in [0.29, 0.717) is 41.1 Å². The van der Waals surface area contributed by atoms with Crippen molar-refractivity contribution in [1.82, 2.24) is 4.98 Å². The van der Waals surface area contributed by atoms with Crippen LogP contribution < -0.4 is 9.64 Å². The number of ether oxygens (including phenoxy) is 1. The molecule has 3 aromatic rings. The standard InChI is InChI=1S/C29H30N2O4/c1-18(2)17-35-23-14-10-21(11-15-23)27(32)25-26(24-7-5-6-16-30-24)31(29(34)28(25)33)22-12-8-20(9-13-22)19(3)4/h5-16,18-19,26,32H,17H2,1-4H3/b27-25-. The summed E-state index contributed by atoms with van der Waals surface area (Å²) >= 11 is 0. The summed E-state index contributed by atoms with van der Waals surface area (Å²) in [5, 5.41) is 11.2. The van der Waals surface area contributed by atoms with Gasteiger partial charge in [0.15, 0.2) is 0 Å². The largest absolute Gasteiger partial charge is 0.507 e. The summed E-state index contributed by atoms with van der Waals surface area (Å²) in [6.07, 6.45) is 1.61. The molecular formula is C29H30N2O4. The van der Waals surface area contributed by atoms with Gasteiger partial charge in [-0.3, -0.25) is 19.5 Å². The number of benzene rings is 2. The second-order valence-corrected chi connectivity index (χ2v) is 9.40. The van der Waals surface area contributed by atoms with Gasteiger partial charge in [0.1, 0.15) is 17.6 Å². The first kappa shape index (κ1) is 24.2. The highest BCUT2D eigenvalue weighted by molar-refractivity contribution is 6.51. The summed E-state index contributed by atoms with van der Waals surface area (Å²) in [6, 6.07) is 18.9. The van der Waals surface area contributed by atoms with Crippen molar-refractivity contribution in [3.05, 3.63) is 95.3 Å². The normalized spacial score (nSPS) is 17.4. The third kappa shape index (κ3) is 4.97. The maximum Gasteiger partial charge on any atom is 0.300 e. The summed E-state index contributed by atoms with van der Waals surface area (Å²) in [5.74, 6) is -0.300. The lowest BCUT2D eigenvalue weighted by atomic mass is 9.98. The molecule has 4 rings (SSSR count). The van der Waals surface area contributed by atoms with Gasteiger partial charge in [0.05, 0.1) is 17.9 Å². The number of pyridine rings is 1. The molecule has 1 fully saturated rings. The molecule has 0 saturated carbocycles. The minimum atomic E-state index is -0.849. The molecule has 1 aliphatic rings. The van der Waals surface area contributed by atoms with Gasteiger partial charge in [0.25, 0.3) is 11.7 Å². The van der Waals surface area contributed by atoms with Crippen molar-refractivity contribution in [1.29, 1.82) is 0 Å². The van der Waals surface area contributed by atoms with Crippen molar-refractivity contribution < 1.29 is 19.4 Å². The van der Waals surface area contributed by atoms with Crippen LogP contribution in [0.2, 0.25) is 0 Å². The van der Waals surface area contributed by atoms with Gasteiger partial charge in [-0.2, -0.15) is 0 Å². The second-order valence-electron chi connectivity index (χ2n) is 9.40. The first-order valence-corrected chi connectivity index (χ1v) is 11.8. The van der Waals surface area contributed by atoms with E-state index in [0.717, 1.165) is 5.56 Å². The Bertz CT molecular complexity index is 1230. The molecule has 0 aliphatic carbocycles. The minimum absolute atomic E-state index is 0.0116. The molecule has 1 N–H and O–H groups in total. The molecular weight excluding hydrogens is 440 g/mol. The SMILES string of the molecule is CC(C)COc1ccc(/C(O)=C2/C(=O)C(=O)N(c3ccc(C(C)C)cc3)C2c2ccccn2)cc1. The molecule has 35 heavy (non-hydrogen) atoms. The molecule has 0 spiro atoms. The zero-order valence-corrected chi connectivity index (χ0v) is 20.4. The molecule has 1 atom stereocenters. The number of aliphatic hydroxyl groups excluding tert-OH is 1. The Kier molecular flexibility index (Phi) is 7.01.